The second-order valence-electron chi connectivity index (χ2n) is 5.61. The fourth-order valence-electron chi connectivity index (χ4n) is 2.74. The van der Waals surface area contributed by atoms with E-state index in [1.165, 1.54) is 0 Å². The van der Waals surface area contributed by atoms with Crippen LogP contribution in [-0.2, 0) is 5.60 Å². The van der Waals surface area contributed by atoms with Crippen molar-refractivity contribution in [2.75, 3.05) is 19.6 Å². The number of aliphatic hydroxyl groups is 1. The maximum Gasteiger partial charge on any atom is 0.325 e. The summed E-state index contributed by atoms with van der Waals surface area (Å²) in [5, 5.41) is 16.2. The number of nitrogens with one attached hydrogen (secondary N) is 2. The molecule has 0 spiro atoms. The SMILES string of the molecule is O=C1NCCN1C(=O)NC[C@@](O)(c1ccccc1)C1CC1. The van der Waals surface area contributed by atoms with Gasteiger partial charge in [-0.1, -0.05) is 30.3 Å². The van der Waals surface area contributed by atoms with Crippen LogP contribution >= 0.6 is 0 Å². The summed E-state index contributed by atoms with van der Waals surface area (Å²) in [7, 11) is 0. The van der Waals surface area contributed by atoms with E-state index in [9.17, 15) is 14.7 Å². The summed E-state index contributed by atoms with van der Waals surface area (Å²) in [6.07, 6.45) is 1.90. The van der Waals surface area contributed by atoms with Crippen LogP contribution in [0.3, 0.4) is 0 Å². The molecular formula is C15H19N3O3. The van der Waals surface area contributed by atoms with Crippen LogP contribution in [0.15, 0.2) is 30.3 Å². The van der Waals surface area contributed by atoms with E-state index in [0.717, 1.165) is 23.3 Å². The van der Waals surface area contributed by atoms with Gasteiger partial charge in [0, 0.05) is 13.1 Å². The number of rotatable bonds is 4. The molecule has 3 N–H and O–H groups in total. The summed E-state index contributed by atoms with van der Waals surface area (Å²) in [5.41, 5.74) is -0.258. The van der Waals surface area contributed by atoms with Gasteiger partial charge in [0.15, 0.2) is 0 Å². The molecule has 1 aromatic carbocycles. The zero-order chi connectivity index (χ0) is 14.9. The van der Waals surface area contributed by atoms with Crippen LogP contribution in [0.25, 0.3) is 0 Å². The van der Waals surface area contributed by atoms with Gasteiger partial charge in [-0.15, -0.1) is 0 Å². The molecule has 1 aliphatic carbocycles. The van der Waals surface area contributed by atoms with E-state index in [4.69, 9.17) is 0 Å². The maximum absolute atomic E-state index is 12.0. The lowest BCUT2D eigenvalue weighted by molar-refractivity contribution is 0.0152. The van der Waals surface area contributed by atoms with E-state index < -0.39 is 11.6 Å². The van der Waals surface area contributed by atoms with Crippen molar-refractivity contribution in [3.63, 3.8) is 0 Å². The molecule has 1 atom stereocenters. The van der Waals surface area contributed by atoms with Crippen LogP contribution in [0.1, 0.15) is 18.4 Å². The third kappa shape index (κ3) is 2.71. The lowest BCUT2D eigenvalue weighted by Gasteiger charge is -2.29. The number of hydrogen-bond acceptors (Lipinski definition) is 3. The van der Waals surface area contributed by atoms with Crippen molar-refractivity contribution < 1.29 is 14.7 Å². The highest BCUT2D eigenvalue weighted by Gasteiger charge is 2.45. The Morgan fingerprint density at radius 2 is 2.10 bits per heavy atom. The molecule has 1 saturated carbocycles. The van der Waals surface area contributed by atoms with Crippen LogP contribution < -0.4 is 10.6 Å². The van der Waals surface area contributed by atoms with E-state index in [1.807, 2.05) is 30.3 Å². The van der Waals surface area contributed by atoms with Gasteiger partial charge in [0.1, 0.15) is 5.60 Å². The molecular weight excluding hydrogens is 270 g/mol. The quantitative estimate of drug-likeness (QED) is 0.774. The monoisotopic (exact) mass is 289 g/mol. The lowest BCUT2D eigenvalue weighted by atomic mass is 9.89. The Hall–Kier alpha value is -2.08. The first-order valence-corrected chi connectivity index (χ1v) is 7.22. The Kier molecular flexibility index (Phi) is 3.55. The number of imide groups is 1. The lowest BCUT2D eigenvalue weighted by Crippen LogP contribution is -2.48. The highest BCUT2D eigenvalue weighted by molar-refractivity contribution is 5.94. The van der Waals surface area contributed by atoms with Crippen molar-refractivity contribution in [2.24, 2.45) is 5.92 Å². The fraction of sp³-hybridized carbons (Fsp3) is 0.467. The largest absolute Gasteiger partial charge is 0.383 e. The highest BCUT2D eigenvalue weighted by Crippen LogP contribution is 2.45. The van der Waals surface area contributed by atoms with Gasteiger partial charge >= 0.3 is 12.1 Å². The van der Waals surface area contributed by atoms with Crippen LogP contribution in [0.2, 0.25) is 0 Å². The first-order valence-electron chi connectivity index (χ1n) is 7.22. The summed E-state index contributed by atoms with van der Waals surface area (Å²) in [5.74, 6) is 0.160. The van der Waals surface area contributed by atoms with E-state index >= 15 is 0 Å². The van der Waals surface area contributed by atoms with Gasteiger partial charge in [-0.25, -0.2) is 14.5 Å². The number of amides is 4. The second-order valence-corrected chi connectivity index (χ2v) is 5.61. The number of hydrogen-bond donors (Lipinski definition) is 3. The number of carbonyl (C=O) groups is 2. The van der Waals surface area contributed by atoms with Crippen molar-refractivity contribution in [1.82, 2.24) is 15.5 Å². The van der Waals surface area contributed by atoms with Crippen LogP contribution in [-0.4, -0.2) is 41.7 Å². The molecule has 112 valence electrons. The molecule has 0 unspecified atom stereocenters. The van der Waals surface area contributed by atoms with E-state index in [-0.39, 0.29) is 18.5 Å². The van der Waals surface area contributed by atoms with Crippen LogP contribution in [0.5, 0.6) is 0 Å². The molecule has 1 heterocycles. The smallest absolute Gasteiger partial charge is 0.325 e. The number of benzene rings is 1. The molecule has 2 fully saturated rings. The molecule has 4 amide bonds. The molecule has 1 aromatic rings. The standard InChI is InChI=1S/C15H19N3O3/c19-13-16-8-9-18(13)14(20)17-10-15(21,12-6-7-12)11-4-2-1-3-5-11/h1-5,12,21H,6-10H2,(H,16,19)(H,17,20)/t15-/m1/s1. The molecule has 6 nitrogen and oxygen atoms in total. The zero-order valence-corrected chi connectivity index (χ0v) is 11.7. The Balaban J connectivity index is 1.69. The predicted molar refractivity (Wildman–Crippen MR) is 76.6 cm³/mol. The van der Waals surface area contributed by atoms with Gasteiger partial charge in [-0.05, 0) is 24.3 Å². The Morgan fingerprint density at radius 1 is 1.38 bits per heavy atom. The number of nitrogens with zero attached hydrogens (tertiary/aromatic N) is 1. The normalized spacial score (nSPS) is 20.8. The average Bonchev–Trinajstić information content (AvgIpc) is 3.28. The molecule has 2 aliphatic rings. The predicted octanol–water partition coefficient (Wildman–Crippen LogP) is 1.02. The Labute approximate surface area is 123 Å². The average molecular weight is 289 g/mol. The highest BCUT2D eigenvalue weighted by atomic mass is 16.3. The van der Waals surface area contributed by atoms with E-state index in [1.54, 1.807) is 0 Å². The van der Waals surface area contributed by atoms with E-state index in [2.05, 4.69) is 10.6 Å². The molecule has 0 bridgehead atoms. The minimum absolute atomic E-state index is 0.115. The third-order valence-corrected chi connectivity index (χ3v) is 4.14. The Bertz CT molecular complexity index is 544. The summed E-state index contributed by atoms with van der Waals surface area (Å²) < 4.78 is 0. The Morgan fingerprint density at radius 3 is 2.67 bits per heavy atom. The summed E-state index contributed by atoms with van der Waals surface area (Å²) in [6, 6.07) is 8.53. The third-order valence-electron chi connectivity index (χ3n) is 4.14. The van der Waals surface area contributed by atoms with Gasteiger partial charge in [0.2, 0.25) is 0 Å². The maximum atomic E-state index is 12.0. The van der Waals surface area contributed by atoms with Gasteiger partial charge in [-0.3, -0.25) is 0 Å². The summed E-state index contributed by atoms with van der Waals surface area (Å²) in [4.78, 5) is 24.6. The van der Waals surface area contributed by atoms with Crippen molar-refractivity contribution in [3.05, 3.63) is 35.9 Å². The van der Waals surface area contributed by atoms with Gasteiger partial charge < -0.3 is 15.7 Å². The van der Waals surface area contributed by atoms with Crippen molar-refractivity contribution in [3.8, 4) is 0 Å². The molecule has 21 heavy (non-hydrogen) atoms. The van der Waals surface area contributed by atoms with Gasteiger partial charge in [0.25, 0.3) is 0 Å². The number of carbonyl (C=O) groups excluding carboxylic acids is 2. The van der Waals surface area contributed by atoms with Crippen LogP contribution in [0.4, 0.5) is 9.59 Å². The molecule has 6 heteroatoms. The fourth-order valence-corrected chi connectivity index (χ4v) is 2.74. The minimum Gasteiger partial charge on any atom is -0.383 e. The topological polar surface area (TPSA) is 81.7 Å². The number of urea groups is 2. The molecule has 0 radical (unpaired) electrons. The second kappa shape index (κ2) is 5.37. The summed E-state index contributed by atoms with van der Waals surface area (Å²) >= 11 is 0. The van der Waals surface area contributed by atoms with Crippen molar-refractivity contribution in [2.45, 2.75) is 18.4 Å². The van der Waals surface area contributed by atoms with Crippen molar-refractivity contribution in [1.29, 1.82) is 0 Å². The first-order chi connectivity index (χ1) is 10.1. The van der Waals surface area contributed by atoms with Crippen molar-refractivity contribution >= 4 is 12.1 Å². The van der Waals surface area contributed by atoms with Crippen LogP contribution in [0, 0.1) is 5.92 Å². The first kappa shape index (κ1) is 13.9. The van der Waals surface area contributed by atoms with Gasteiger partial charge in [-0.2, -0.15) is 0 Å². The van der Waals surface area contributed by atoms with Gasteiger partial charge in [0.05, 0.1) is 6.54 Å². The summed E-state index contributed by atoms with van der Waals surface area (Å²) in [6.45, 7) is 0.944. The molecule has 1 saturated heterocycles. The van der Waals surface area contributed by atoms with E-state index in [0.29, 0.717) is 13.1 Å². The minimum atomic E-state index is -1.06. The molecule has 1 aliphatic heterocycles. The molecule has 0 aromatic heterocycles. The zero-order valence-electron chi connectivity index (χ0n) is 11.7. The molecule has 3 rings (SSSR count).